The van der Waals surface area contributed by atoms with Crippen LogP contribution < -0.4 is 5.32 Å². The zero-order chi connectivity index (χ0) is 18.1. The first kappa shape index (κ1) is 16.7. The highest BCUT2D eigenvalue weighted by Gasteiger charge is 2.32. The summed E-state index contributed by atoms with van der Waals surface area (Å²) in [5.41, 5.74) is 2.15. The molecular formula is C20H17ClFN3O. The summed E-state index contributed by atoms with van der Waals surface area (Å²) in [6, 6.07) is 17.0. The highest BCUT2D eigenvalue weighted by Crippen LogP contribution is 2.33. The van der Waals surface area contributed by atoms with E-state index in [0.29, 0.717) is 18.1 Å². The Morgan fingerprint density at radius 1 is 1.04 bits per heavy atom. The van der Waals surface area contributed by atoms with Crippen molar-refractivity contribution in [2.75, 3.05) is 11.9 Å². The highest BCUT2D eigenvalue weighted by molar-refractivity contribution is 6.30. The molecule has 0 saturated heterocycles. The van der Waals surface area contributed by atoms with E-state index in [4.69, 9.17) is 11.6 Å². The van der Waals surface area contributed by atoms with Crippen molar-refractivity contribution in [3.05, 3.63) is 89.0 Å². The lowest BCUT2D eigenvalue weighted by Crippen LogP contribution is -2.44. The predicted octanol–water partition coefficient (Wildman–Crippen LogP) is 4.92. The topological polar surface area (TPSA) is 37.3 Å². The van der Waals surface area contributed by atoms with Gasteiger partial charge in [0.15, 0.2) is 0 Å². The van der Waals surface area contributed by atoms with Gasteiger partial charge in [-0.05, 0) is 42.0 Å². The molecule has 1 N–H and O–H groups in total. The second kappa shape index (κ2) is 6.84. The van der Waals surface area contributed by atoms with Crippen molar-refractivity contribution < 1.29 is 9.18 Å². The first-order chi connectivity index (χ1) is 12.6. The number of nitrogens with one attached hydrogen (secondary N) is 1. The van der Waals surface area contributed by atoms with Crippen molar-refractivity contribution in [2.45, 2.75) is 12.6 Å². The number of anilines is 1. The van der Waals surface area contributed by atoms with Crippen molar-refractivity contribution in [1.82, 2.24) is 9.47 Å². The van der Waals surface area contributed by atoms with Gasteiger partial charge in [0.05, 0.1) is 11.7 Å². The average molecular weight is 370 g/mol. The largest absolute Gasteiger partial charge is 0.348 e. The Morgan fingerprint density at radius 3 is 2.58 bits per heavy atom. The van der Waals surface area contributed by atoms with Crippen LogP contribution in [0.25, 0.3) is 0 Å². The summed E-state index contributed by atoms with van der Waals surface area (Å²) in [6.07, 6.45) is 2.00. The Hall–Kier alpha value is -2.79. The number of hydrogen-bond donors (Lipinski definition) is 1. The molecule has 0 aliphatic carbocycles. The lowest BCUT2D eigenvalue weighted by atomic mass is 10.0. The number of halogens is 2. The molecule has 0 spiro atoms. The van der Waals surface area contributed by atoms with E-state index in [0.717, 1.165) is 11.3 Å². The van der Waals surface area contributed by atoms with Gasteiger partial charge >= 0.3 is 6.03 Å². The van der Waals surface area contributed by atoms with Gasteiger partial charge in [-0.3, -0.25) is 0 Å². The molecule has 1 aliphatic rings. The molecule has 6 heteroatoms. The molecule has 2 heterocycles. The molecule has 132 valence electrons. The summed E-state index contributed by atoms with van der Waals surface area (Å²) in [7, 11) is 0. The van der Waals surface area contributed by atoms with Gasteiger partial charge in [-0.1, -0.05) is 35.9 Å². The third kappa shape index (κ3) is 3.06. The monoisotopic (exact) mass is 369 g/mol. The maximum Gasteiger partial charge on any atom is 0.322 e. The van der Waals surface area contributed by atoms with E-state index in [-0.39, 0.29) is 17.8 Å². The zero-order valence-electron chi connectivity index (χ0n) is 13.9. The van der Waals surface area contributed by atoms with Gasteiger partial charge in [-0.15, -0.1) is 0 Å². The number of amides is 2. The molecule has 2 aromatic carbocycles. The van der Waals surface area contributed by atoms with E-state index in [9.17, 15) is 9.18 Å². The number of fused-ring (bicyclic) bond motifs is 1. The van der Waals surface area contributed by atoms with Gasteiger partial charge < -0.3 is 14.8 Å². The SMILES string of the molecule is O=C(Nc1ccccc1F)N1CCn2cccc2[C@@H]1c1ccc(Cl)cc1. The molecule has 3 aromatic rings. The van der Waals surface area contributed by atoms with Crippen molar-refractivity contribution in [3.8, 4) is 0 Å². The summed E-state index contributed by atoms with van der Waals surface area (Å²) in [5.74, 6) is -0.454. The Balaban J connectivity index is 1.68. The minimum atomic E-state index is -0.454. The molecule has 26 heavy (non-hydrogen) atoms. The zero-order valence-corrected chi connectivity index (χ0v) is 14.7. The summed E-state index contributed by atoms with van der Waals surface area (Å²) in [4.78, 5) is 14.6. The summed E-state index contributed by atoms with van der Waals surface area (Å²) in [6.45, 7) is 1.21. The minimum absolute atomic E-state index is 0.174. The summed E-state index contributed by atoms with van der Waals surface area (Å²) < 4.78 is 16.1. The Kier molecular flexibility index (Phi) is 4.39. The van der Waals surface area contributed by atoms with Crippen LogP contribution in [0.3, 0.4) is 0 Å². The average Bonchev–Trinajstić information content (AvgIpc) is 3.12. The number of aromatic nitrogens is 1. The number of carbonyl (C=O) groups is 1. The van der Waals surface area contributed by atoms with Crippen LogP contribution in [-0.4, -0.2) is 22.0 Å². The fourth-order valence-corrected chi connectivity index (χ4v) is 3.47. The molecular weight excluding hydrogens is 353 g/mol. The van der Waals surface area contributed by atoms with E-state index >= 15 is 0 Å². The Labute approximate surface area is 155 Å². The molecule has 4 nitrogen and oxygen atoms in total. The van der Waals surface area contributed by atoms with Gasteiger partial charge in [-0.2, -0.15) is 0 Å². The third-order valence-corrected chi connectivity index (χ3v) is 4.85. The lowest BCUT2D eigenvalue weighted by Gasteiger charge is -2.37. The van der Waals surface area contributed by atoms with Gasteiger partial charge in [0.25, 0.3) is 0 Å². The smallest absolute Gasteiger partial charge is 0.322 e. The maximum atomic E-state index is 13.9. The molecule has 0 radical (unpaired) electrons. The quantitative estimate of drug-likeness (QED) is 0.684. The van der Waals surface area contributed by atoms with Crippen molar-refractivity contribution in [2.24, 2.45) is 0 Å². The number of carbonyl (C=O) groups excluding carboxylic acids is 1. The fraction of sp³-hybridized carbons (Fsp3) is 0.150. The molecule has 0 saturated carbocycles. The van der Waals surface area contributed by atoms with Crippen molar-refractivity contribution >= 4 is 23.3 Å². The van der Waals surface area contributed by atoms with Crippen molar-refractivity contribution in [1.29, 1.82) is 0 Å². The van der Waals surface area contributed by atoms with E-state index in [2.05, 4.69) is 9.88 Å². The molecule has 0 unspecified atom stereocenters. The van der Waals surface area contributed by atoms with E-state index < -0.39 is 5.82 Å². The van der Waals surface area contributed by atoms with Crippen LogP contribution in [-0.2, 0) is 6.54 Å². The summed E-state index contributed by atoms with van der Waals surface area (Å²) >= 11 is 6.01. The molecule has 0 fully saturated rings. The lowest BCUT2D eigenvalue weighted by molar-refractivity contribution is 0.181. The third-order valence-electron chi connectivity index (χ3n) is 4.60. The molecule has 0 bridgehead atoms. The standard InChI is InChI=1S/C20H17ClFN3O/c21-15-9-7-14(8-10-15)19-18-6-3-11-24(18)12-13-25(19)20(26)23-17-5-2-1-4-16(17)22/h1-11,19H,12-13H2,(H,23,26)/t19-/m0/s1. The first-order valence-corrected chi connectivity index (χ1v) is 8.74. The molecule has 1 atom stereocenters. The Bertz CT molecular complexity index is 938. The molecule has 4 rings (SSSR count). The molecule has 1 aliphatic heterocycles. The van der Waals surface area contributed by atoms with Crippen LogP contribution >= 0.6 is 11.6 Å². The number of hydrogen-bond acceptors (Lipinski definition) is 1. The fourth-order valence-electron chi connectivity index (χ4n) is 3.35. The van der Waals surface area contributed by atoms with E-state index in [1.54, 1.807) is 23.1 Å². The number of rotatable bonds is 2. The second-order valence-corrected chi connectivity index (χ2v) is 6.62. The maximum absolute atomic E-state index is 13.9. The molecule has 1 aromatic heterocycles. The molecule has 2 amide bonds. The van der Waals surface area contributed by atoms with Crippen LogP contribution in [0, 0.1) is 5.82 Å². The van der Waals surface area contributed by atoms with Gasteiger partial charge in [0.2, 0.25) is 0 Å². The van der Waals surface area contributed by atoms with Crippen LogP contribution in [0.4, 0.5) is 14.9 Å². The van der Waals surface area contributed by atoms with Crippen LogP contribution in [0.2, 0.25) is 5.02 Å². The Morgan fingerprint density at radius 2 is 1.81 bits per heavy atom. The van der Waals surface area contributed by atoms with E-state index in [1.807, 2.05) is 42.6 Å². The predicted molar refractivity (Wildman–Crippen MR) is 99.9 cm³/mol. The van der Waals surface area contributed by atoms with Gasteiger partial charge in [-0.25, -0.2) is 9.18 Å². The number of nitrogens with zero attached hydrogens (tertiary/aromatic N) is 2. The van der Waals surface area contributed by atoms with Crippen molar-refractivity contribution in [3.63, 3.8) is 0 Å². The number of urea groups is 1. The summed E-state index contributed by atoms with van der Waals surface area (Å²) in [5, 5.41) is 3.33. The van der Waals surface area contributed by atoms with Gasteiger partial charge in [0, 0.05) is 30.0 Å². The van der Waals surface area contributed by atoms with Gasteiger partial charge in [0.1, 0.15) is 5.82 Å². The number of benzene rings is 2. The first-order valence-electron chi connectivity index (χ1n) is 8.36. The van der Waals surface area contributed by atoms with Crippen LogP contribution in [0.15, 0.2) is 66.9 Å². The normalized spacial score (nSPS) is 16.2. The van der Waals surface area contributed by atoms with E-state index in [1.165, 1.54) is 6.07 Å². The highest BCUT2D eigenvalue weighted by atomic mass is 35.5. The van der Waals surface area contributed by atoms with Crippen LogP contribution in [0.1, 0.15) is 17.3 Å². The number of para-hydroxylation sites is 1. The second-order valence-electron chi connectivity index (χ2n) is 6.18. The minimum Gasteiger partial charge on any atom is -0.348 e. The van der Waals surface area contributed by atoms with Crippen LogP contribution in [0.5, 0.6) is 0 Å².